The maximum absolute atomic E-state index is 12.2. The van der Waals surface area contributed by atoms with Crippen molar-refractivity contribution in [1.29, 1.82) is 0 Å². The fourth-order valence-corrected chi connectivity index (χ4v) is 3.21. The summed E-state index contributed by atoms with van der Waals surface area (Å²) in [6, 6.07) is 11.5. The lowest BCUT2D eigenvalue weighted by molar-refractivity contribution is -0.119. The summed E-state index contributed by atoms with van der Waals surface area (Å²) in [6.07, 6.45) is 4.44. The molecule has 0 aliphatic heterocycles. The number of hydrogen-bond donors (Lipinski definition) is 1. The van der Waals surface area contributed by atoms with Gasteiger partial charge in [-0.1, -0.05) is 23.8 Å². The average Bonchev–Trinajstić information content (AvgIpc) is 2.61. The second-order valence-corrected chi connectivity index (χ2v) is 6.63. The Bertz CT molecular complexity index is 811. The molecule has 25 heavy (non-hydrogen) atoms. The average molecular weight is 337 g/mol. The highest BCUT2D eigenvalue weighted by Crippen LogP contribution is 2.22. The molecule has 3 rings (SSSR count). The van der Waals surface area contributed by atoms with Gasteiger partial charge in [-0.05, 0) is 74.4 Å². The van der Waals surface area contributed by atoms with Gasteiger partial charge in [0.2, 0.25) is 0 Å². The maximum Gasteiger partial charge on any atom is 0.338 e. The van der Waals surface area contributed by atoms with Gasteiger partial charge in [0.05, 0.1) is 5.56 Å². The van der Waals surface area contributed by atoms with E-state index in [1.165, 1.54) is 17.5 Å². The van der Waals surface area contributed by atoms with E-state index in [1.54, 1.807) is 6.07 Å². The number of benzene rings is 2. The first-order valence-corrected chi connectivity index (χ1v) is 8.69. The molecule has 2 aromatic carbocycles. The molecule has 130 valence electrons. The second-order valence-electron chi connectivity index (χ2n) is 6.63. The highest BCUT2D eigenvalue weighted by molar-refractivity contribution is 5.96. The number of ether oxygens (including phenoxy) is 1. The second kappa shape index (κ2) is 7.51. The lowest BCUT2D eigenvalue weighted by Crippen LogP contribution is -2.21. The summed E-state index contributed by atoms with van der Waals surface area (Å²) in [5.74, 6) is -0.789. The van der Waals surface area contributed by atoms with Gasteiger partial charge in [0.25, 0.3) is 5.91 Å². The summed E-state index contributed by atoms with van der Waals surface area (Å²) < 4.78 is 5.17. The third-order valence-corrected chi connectivity index (χ3v) is 4.57. The van der Waals surface area contributed by atoms with Crippen molar-refractivity contribution in [1.82, 2.24) is 0 Å². The smallest absolute Gasteiger partial charge is 0.338 e. The van der Waals surface area contributed by atoms with E-state index in [-0.39, 0.29) is 12.5 Å². The summed E-state index contributed by atoms with van der Waals surface area (Å²) in [5.41, 5.74) is 5.90. The molecular formula is C21H23NO3. The Morgan fingerprint density at radius 1 is 1.00 bits per heavy atom. The van der Waals surface area contributed by atoms with Crippen LogP contribution in [-0.4, -0.2) is 18.5 Å². The molecule has 1 amide bonds. The molecule has 4 heteroatoms. The van der Waals surface area contributed by atoms with Crippen molar-refractivity contribution in [3.05, 3.63) is 64.2 Å². The van der Waals surface area contributed by atoms with Crippen molar-refractivity contribution in [3.63, 3.8) is 0 Å². The van der Waals surface area contributed by atoms with Crippen LogP contribution in [0, 0.1) is 13.8 Å². The van der Waals surface area contributed by atoms with Gasteiger partial charge in [-0.15, -0.1) is 0 Å². The fraction of sp³-hybridized carbons (Fsp3) is 0.333. The lowest BCUT2D eigenvalue weighted by Gasteiger charge is -2.16. The van der Waals surface area contributed by atoms with E-state index in [0.29, 0.717) is 5.56 Å². The summed E-state index contributed by atoms with van der Waals surface area (Å²) in [7, 11) is 0. The Balaban J connectivity index is 1.57. The largest absolute Gasteiger partial charge is 0.452 e. The van der Waals surface area contributed by atoms with Crippen LogP contribution < -0.4 is 5.32 Å². The quantitative estimate of drug-likeness (QED) is 0.859. The number of aryl methyl sites for hydroxylation is 4. The van der Waals surface area contributed by atoms with Crippen LogP contribution in [0.1, 0.15) is 45.5 Å². The SMILES string of the molecule is Cc1ccc(NC(=O)COC(=O)c2ccc3c(c2)CCCC3)c(C)c1. The number of anilines is 1. The molecule has 0 bridgehead atoms. The summed E-state index contributed by atoms with van der Waals surface area (Å²) >= 11 is 0. The van der Waals surface area contributed by atoms with Crippen molar-refractivity contribution in [2.24, 2.45) is 0 Å². The molecule has 0 saturated carbocycles. The Morgan fingerprint density at radius 2 is 1.76 bits per heavy atom. The van der Waals surface area contributed by atoms with Crippen molar-refractivity contribution in [3.8, 4) is 0 Å². The Morgan fingerprint density at radius 3 is 2.52 bits per heavy atom. The molecule has 0 atom stereocenters. The standard InChI is InChI=1S/C21H23NO3/c1-14-7-10-19(15(2)11-14)22-20(23)13-25-21(24)18-9-8-16-5-3-4-6-17(16)12-18/h7-12H,3-6,13H2,1-2H3,(H,22,23). The molecule has 1 aliphatic carbocycles. The van der Waals surface area contributed by atoms with Crippen molar-refractivity contribution >= 4 is 17.6 Å². The molecule has 0 saturated heterocycles. The normalized spacial score (nSPS) is 13.0. The van der Waals surface area contributed by atoms with Crippen LogP contribution in [0.4, 0.5) is 5.69 Å². The van der Waals surface area contributed by atoms with Crippen molar-refractivity contribution < 1.29 is 14.3 Å². The first kappa shape index (κ1) is 17.2. The van der Waals surface area contributed by atoms with E-state index in [4.69, 9.17) is 4.74 Å². The van der Waals surface area contributed by atoms with Crippen LogP contribution in [0.25, 0.3) is 0 Å². The predicted octanol–water partition coefficient (Wildman–Crippen LogP) is 3.98. The molecule has 0 aromatic heterocycles. The predicted molar refractivity (Wildman–Crippen MR) is 97.9 cm³/mol. The minimum absolute atomic E-state index is 0.288. The monoisotopic (exact) mass is 337 g/mol. The molecule has 0 fully saturated rings. The van der Waals surface area contributed by atoms with Crippen LogP contribution in [0.15, 0.2) is 36.4 Å². The molecule has 1 N–H and O–H groups in total. The molecule has 1 aliphatic rings. The van der Waals surface area contributed by atoms with E-state index in [2.05, 4.69) is 5.32 Å². The summed E-state index contributed by atoms with van der Waals surface area (Å²) in [6.45, 7) is 3.64. The van der Waals surface area contributed by atoms with Gasteiger partial charge in [-0.25, -0.2) is 4.79 Å². The Hall–Kier alpha value is -2.62. The lowest BCUT2D eigenvalue weighted by atomic mass is 9.90. The van der Waals surface area contributed by atoms with E-state index < -0.39 is 5.97 Å². The van der Waals surface area contributed by atoms with E-state index in [1.807, 2.05) is 44.2 Å². The van der Waals surface area contributed by atoms with Gasteiger partial charge in [0.1, 0.15) is 0 Å². The van der Waals surface area contributed by atoms with Gasteiger partial charge in [0.15, 0.2) is 6.61 Å². The molecule has 4 nitrogen and oxygen atoms in total. The van der Waals surface area contributed by atoms with Gasteiger partial charge >= 0.3 is 5.97 Å². The minimum Gasteiger partial charge on any atom is -0.452 e. The number of nitrogens with one attached hydrogen (secondary N) is 1. The summed E-state index contributed by atoms with van der Waals surface area (Å²) in [5, 5.41) is 2.78. The van der Waals surface area contributed by atoms with E-state index in [9.17, 15) is 9.59 Å². The molecular weight excluding hydrogens is 314 g/mol. The molecule has 0 spiro atoms. The topological polar surface area (TPSA) is 55.4 Å². The van der Waals surface area contributed by atoms with Crippen LogP contribution in [0.3, 0.4) is 0 Å². The van der Waals surface area contributed by atoms with Gasteiger partial charge in [-0.3, -0.25) is 4.79 Å². The van der Waals surface area contributed by atoms with Crippen molar-refractivity contribution in [2.75, 3.05) is 11.9 Å². The zero-order valence-corrected chi connectivity index (χ0v) is 14.7. The molecule has 0 radical (unpaired) electrons. The number of carbonyl (C=O) groups excluding carboxylic acids is 2. The van der Waals surface area contributed by atoms with Gasteiger partial charge in [-0.2, -0.15) is 0 Å². The molecule has 0 unspecified atom stereocenters. The highest BCUT2D eigenvalue weighted by Gasteiger charge is 2.15. The highest BCUT2D eigenvalue weighted by atomic mass is 16.5. The fourth-order valence-electron chi connectivity index (χ4n) is 3.21. The van der Waals surface area contributed by atoms with Crippen LogP contribution in [0.5, 0.6) is 0 Å². The van der Waals surface area contributed by atoms with Gasteiger partial charge in [0, 0.05) is 5.69 Å². The number of esters is 1. The third-order valence-electron chi connectivity index (χ3n) is 4.57. The number of rotatable bonds is 4. The first-order valence-electron chi connectivity index (χ1n) is 8.69. The number of carbonyl (C=O) groups is 2. The van der Waals surface area contributed by atoms with Crippen LogP contribution >= 0.6 is 0 Å². The zero-order valence-electron chi connectivity index (χ0n) is 14.7. The first-order chi connectivity index (χ1) is 12.0. The molecule has 2 aromatic rings. The van der Waals surface area contributed by atoms with E-state index >= 15 is 0 Å². The third kappa shape index (κ3) is 4.27. The Kier molecular flexibility index (Phi) is 5.17. The Labute approximate surface area is 148 Å². The summed E-state index contributed by atoms with van der Waals surface area (Å²) in [4.78, 5) is 24.2. The van der Waals surface area contributed by atoms with Crippen LogP contribution in [-0.2, 0) is 22.4 Å². The number of fused-ring (bicyclic) bond motifs is 1. The zero-order chi connectivity index (χ0) is 17.8. The number of hydrogen-bond acceptors (Lipinski definition) is 3. The van der Waals surface area contributed by atoms with Crippen molar-refractivity contribution in [2.45, 2.75) is 39.5 Å². The van der Waals surface area contributed by atoms with Gasteiger partial charge < -0.3 is 10.1 Å². The number of amides is 1. The maximum atomic E-state index is 12.2. The molecule has 0 heterocycles. The van der Waals surface area contributed by atoms with E-state index in [0.717, 1.165) is 36.1 Å². The van der Waals surface area contributed by atoms with Crippen LogP contribution in [0.2, 0.25) is 0 Å². The minimum atomic E-state index is -0.454.